The van der Waals surface area contributed by atoms with Crippen molar-refractivity contribution >= 4 is 11.9 Å². The molecule has 2 aromatic carbocycles. The van der Waals surface area contributed by atoms with Gasteiger partial charge in [0.1, 0.15) is 5.41 Å². The average Bonchev–Trinajstić information content (AvgIpc) is 2.59. The van der Waals surface area contributed by atoms with Crippen molar-refractivity contribution in [3.05, 3.63) is 71.3 Å². The predicted molar refractivity (Wildman–Crippen MR) is 93.9 cm³/mol. The maximum Gasteiger partial charge on any atom is 0.315 e. The zero-order valence-corrected chi connectivity index (χ0v) is 14.1. The third-order valence-corrected chi connectivity index (χ3v) is 4.28. The first-order valence-electron chi connectivity index (χ1n) is 8.03. The van der Waals surface area contributed by atoms with Crippen LogP contribution in [0.2, 0.25) is 0 Å². The van der Waals surface area contributed by atoms with E-state index in [1.54, 1.807) is 31.2 Å². The number of amides is 1. The molecule has 2 rings (SSSR count). The lowest BCUT2D eigenvalue weighted by Gasteiger charge is -2.25. The van der Waals surface area contributed by atoms with Crippen molar-refractivity contribution in [3.8, 4) is 0 Å². The third-order valence-electron chi connectivity index (χ3n) is 4.28. The largest absolute Gasteiger partial charge is 0.481 e. The Morgan fingerprint density at radius 3 is 2.25 bits per heavy atom. The molecule has 0 radical (unpaired) electrons. The zero-order valence-electron chi connectivity index (χ0n) is 14.1. The molecule has 2 N–H and O–H groups in total. The molecule has 0 aromatic heterocycles. The second-order valence-electron chi connectivity index (χ2n) is 6.27. The number of nitrogens with one attached hydrogen (secondary N) is 1. The van der Waals surface area contributed by atoms with Gasteiger partial charge in [-0.2, -0.15) is 0 Å². The Hall–Kier alpha value is -2.62. The highest BCUT2D eigenvalue weighted by Gasteiger charge is 2.35. The lowest BCUT2D eigenvalue weighted by molar-refractivity contribution is -0.143. The summed E-state index contributed by atoms with van der Waals surface area (Å²) in [6.45, 7) is 3.72. The molecule has 126 valence electrons. The van der Waals surface area contributed by atoms with Gasteiger partial charge in [0.15, 0.2) is 0 Å². The normalized spacial score (nSPS) is 13.1. The molecule has 1 atom stereocenters. The van der Waals surface area contributed by atoms with Gasteiger partial charge < -0.3 is 10.4 Å². The second-order valence-corrected chi connectivity index (χ2v) is 6.27. The number of carbonyl (C=O) groups excluding carboxylic acids is 1. The van der Waals surface area contributed by atoms with Gasteiger partial charge in [-0.15, -0.1) is 0 Å². The molecule has 2 aromatic rings. The van der Waals surface area contributed by atoms with Crippen LogP contribution < -0.4 is 5.32 Å². The summed E-state index contributed by atoms with van der Waals surface area (Å²) in [5.74, 6) is -1.09. The van der Waals surface area contributed by atoms with E-state index in [2.05, 4.69) is 5.32 Å². The first-order chi connectivity index (χ1) is 11.4. The van der Waals surface area contributed by atoms with Crippen molar-refractivity contribution in [2.45, 2.75) is 32.1 Å². The van der Waals surface area contributed by atoms with Gasteiger partial charge >= 0.3 is 5.97 Å². The smallest absolute Gasteiger partial charge is 0.315 e. The number of carboxylic acid groups (broad SMARTS) is 1. The van der Waals surface area contributed by atoms with Crippen molar-refractivity contribution in [3.63, 3.8) is 0 Å². The molecule has 0 aliphatic rings. The molecule has 0 spiro atoms. The standard InChI is InChI=1S/C20H23NO3/c1-15-8-10-16(11-9-15)12-13-18(22)21-14-20(2,19(23)24)17-6-4-3-5-7-17/h3-11H,12-14H2,1-2H3,(H,21,22)(H,23,24). The van der Waals surface area contributed by atoms with E-state index in [0.29, 0.717) is 18.4 Å². The van der Waals surface area contributed by atoms with E-state index in [-0.39, 0.29) is 12.5 Å². The van der Waals surface area contributed by atoms with Gasteiger partial charge in [0.2, 0.25) is 5.91 Å². The lowest BCUT2D eigenvalue weighted by atomic mass is 9.82. The fraction of sp³-hybridized carbons (Fsp3) is 0.300. The average molecular weight is 325 g/mol. The molecule has 1 unspecified atom stereocenters. The second kappa shape index (κ2) is 7.77. The van der Waals surface area contributed by atoms with Crippen LogP contribution in [0.5, 0.6) is 0 Å². The Bertz CT molecular complexity index is 695. The highest BCUT2D eigenvalue weighted by molar-refractivity contribution is 5.83. The molecule has 1 amide bonds. The van der Waals surface area contributed by atoms with Crippen LogP contribution in [0.4, 0.5) is 0 Å². The number of aryl methyl sites for hydroxylation is 2. The Morgan fingerprint density at radius 2 is 1.67 bits per heavy atom. The molecular weight excluding hydrogens is 302 g/mol. The van der Waals surface area contributed by atoms with Gasteiger partial charge in [-0.1, -0.05) is 60.2 Å². The number of hydrogen-bond donors (Lipinski definition) is 2. The number of carboxylic acids is 1. The van der Waals surface area contributed by atoms with Crippen molar-refractivity contribution in [1.82, 2.24) is 5.32 Å². The summed E-state index contributed by atoms with van der Waals surface area (Å²) in [6.07, 6.45) is 0.981. The molecular formula is C20H23NO3. The fourth-order valence-electron chi connectivity index (χ4n) is 2.48. The SMILES string of the molecule is Cc1ccc(CCC(=O)NCC(C)(C(=O)O)c2ccccc2)cc1. The first kappa shape index (κ1) is 17.7. The van der Waals surface area contributed by atoms with E-state index in [1.807, 2.05) is 37.3 Å². The minimum absolute atomic E-state index is 0.0685. The van der Waals surface area contributed by atoms with Crippen molar-refractivity contribution in [2.75, 3.05) is 6.54 Å². The number of rotatable bonds is 7. The summed E-state index contributed by atoms with van der Waals surface area (Å²) in [7, 11) is 0. The van der Waals surface area contributed by atoms with E-state index in [4.69, 9.17) is 0 Å². The molecule has 0 fully saturated rings. The zero-order chi connectivity index (χ0) is 17.6. The van der Waals surface area contributed by atoms with Crippen LogP contribution in [0, 0.1) is 6.92 Å². The highest BCUT2D eigenvalue weighted by Crippen LogP contribution is 2.23. The van der Waals surface area contributed by atoms with Gasteiger partial charge in [0, 0.05) is 13.0 Å². The topological polar surface area (TPSA) is 66.4 Å². The van der Waals surface area contributed by atoms with E-state index in [9.17, 15) is 14.7 Å². The summed E-state index contributed by atoms with van der Waals surface area (Å²) in [4.78, 5) is 23.8. The molecule has 0 heterocycles. The Kier molecular flexibility index (Phi) is 5.74. The van der Waals surface area contributed by atoms with Crippen LogP contribution in [0.1, 0.15) is 30.0 Å². The summed E-state index contributed by atoms with van der Waals surface area (Å²) < 4.78 is 0. The Morgan fingerprint density at radius 1 is 1.04 bits per heavy atom. The molecule has 0 saturated heterocycles. The number of hydrogen-bond acceptors (Lipinski definition) is 2. The van der Waals surface area contributed by atoms with Gasteiger partial charge in [-0.05, 0) is 31.4 Å². The summed E-state index contributed by atoms with van der Waals surface area (Å²) in [5.41, 5.74) is 1.82. The van der Waals surface area contributed by atoms with Crippen LogP contribution in [-0.4, -0.2) is 23.5 Å². The van der Waals surface area contributed by atoms with Gasteiger partial charge in [-0.3, -0.25) is 9.59 Å². The molecule has 0 bridgehead atoms. The fourth-order valence-corrected chi connectivity index (χ4v) is 2.48. The highest BCUT2D eigenvalue weighted by atomic mass is 16.4. The maximum absolute atomic E-state index is 12.1. The van der Waals surface area contributed by atoms with Crippen LogP contribution >= 0.6 is 0 Å². The lowest BCUT2D eigenvalue weighted by Crippen LogP contribution is -2.44. The van der Waals surface area contributed by atoms with Gasteiger partial charge in [-0.25, -0.2) is 0 Å². The monoisotopic (exact) mass is 325 g/mol. The maximum atomic E-state index is 12.1. The Labute approximate surface area is 142 Å². The van der Waals surface area contributed by atoms with E-state index >= 15 is 0 Å². The minimum Gasteiger partial charge on any atom is -0.481 e. The van der Waals surface area contributed by atoms with Crippen molar-refractivity contribution in [1.29, 1.82) is 0 Å². The van der Waals surface area contributed by atoms with Crippen LogP contribution in [0.3, 0.4) is 0 Å². The number of carbonyl (C=O) groups is 2. The summed E-state index contributed by atoms with van der Waals surface area (Å²) in [6, 6.07) is 17.0. The van der Waals surface area contributed by atoms with Crippen molar-refractivity contribution < 1.29 is 14.7 Å². The summed E-state index contributed by atoms with van der Waals surface area (Å²) >= 11 is 0. The van der Waals surface area contributed by atoms with Crippen molar-refractivity contribution in [2.24, 2.45) is 0 Å². The number of aliphatic carboxylic acids is 1. The van der Waals surface area contributed by atoms with Gasteiger partial charge in [0.05, 0.1) is 0 Å². The minimum atomic E-state index is -1.14. The van der Waals surface area contributed by atoms with Crippen LogP contribution in [0.25, 0.3) is 0 Å². The van der Waals surface area contributed by atoms with E-state index in [1.165, 1.54) is 5.56 Å². The molecule has 0 aliphatic heterocycles. The molecule has 0 aliphatic carbocycles. The Balaban J connectivity index is 1.93. The first-order valence-corrected chi connectivity index (χ1v) is 8.03. The van der Waals surface area contributed by atoms with Gasteiger partial charge in [0.25, 0.3) is 0 Å². The molecule has 4 nitrogen and oxygen atoms in total. The quantitative estimate of drug-likeness (QED) is 0.822. The van der Waals surface area contributed by atoms with Crippen LogP contribution in [-0.2, 0) is 21.4 Å². The predicted octanol–water partition coefficient (Wildman–Crippen LogP) is 3.09. The third kappa shape index (κ3) is 4.44. The van der Waals surface area contributed by atoms with E-state index in [0.717, 1.165) is 5.56 Å². The van der Waals surface area contributed by atoms with E-state index < -0.39 is 11.4 Å². The summed E-state index contributed by atoms with van der Waals surface area (Å²) in [5, 5.41) is 12.3. The number of benzene rings is 2. The van der Waals surface area contributed by atoms with Crippen LogP contribution in [0.15, 0.2) is 54.6 Å². The molecule has 0 saturated carbocycles. The molecule has 24 heavy (non-hydrogen) atoms. The molecule has 4 heteroatoms.